The Kier molecular flexibility index (Phi) is 25.3. The SMILES string of the molecule is COCCOCCOCCN(C)CC(CCC[Si](OC)(OC)OC)(CCC[Si](OC)(OC)OC)CCC[Si](OC)(OC)OC. The molecule has 0 radical (unpaired) electrons. The average Bonchev–Trinajstić information content (AvgIpc) is 3.05. The quantitative estimate of drug-likeness (QED) is 0.0758. The van der Waals surface area contributed by atoms with E-state index in [0.29, 0.717) is 33.0 Å². The molecule has 0 spiro atoms. The van der Waals surface area contributed by atoms with Gasteiger partial charge < -0.3 is 58.9 Å². The zero-order valence-corrected chi connectivity index (χ0v) is 32.7. The van der Waals surface area contributed by atoms with Gasteiger partial charge in [-0.15, -0.1) is 0 Å². The molecule has 0 fully saturated rings. The van der Waals surface area contributed by atoms with E-state index in [4.69, 9.17) is 54.0 Å². The van der Waals surface area contributed by atoms with Gasteiger partial charge in [-0.25, -0.2) is 0 Å². The first-order valence-corrected chi connectivity index (χ1v) is 21.2. The maximum Gasteiger partial charge on any atom is 0.500 e. The number of ether oxygens (including phenoxy) is 3. The molecule has 0 aromatic carbocycles. The third-order valence-electron chi connectivity index (χ3n) is 8.40. The second-order valence-electron chi connectivity index (χ2n) is 10.9. The molecule has 0 N–H and O–H groups in total. The van der Waals surface area contributed by atoms with Crippen molar-refractivity contribution < 1.29 is 54.0 Å². The second-order valence-corrected chi connectivity index (χ2v) is 20.2. The van der Waals surface area contributed by atoms with E-state index in [1.165, 1.54) is 0 Å². The van der Waals surface area contributed by atoms with Crippen LogP contribution in [0.2, 0.25) is 18.1 Å². The molecule has 0 amide bonds. The lowest BCUT2D eigenvalue weighted by Crippen LogP contribution is -2.45. The first-order chi connectivity index (χ1) is 21.1. The highest BCUT2D eigenvalue weighted by Crippen LogP contribution is 2.40. The van der Waals surface area contributed by atoms with E-state index in [1.54, 1.807) is 71.1 Å². The standard InChI is InChI=1S/C28H65NO12Si3/c1-29(18-19-40-22-23-41-21-20-30-2)27-28(15-12-24-42(31-3,32-4)33-5,16-13-25-43(34-6,35-7)36-8)17-14-26-44(37-9,38-10)39-11/h12-27H2,1-11H3. The molecule has 0 rings (SSSR count). The summed E-state index contributed by atoms with van der Waals surface area (Å²) < 4.78 is 68.1. The number of hydrogen-bond donors (Lipinski definition) is 0. The van der Waals surface area contributed by atoms with Crippen molar-refractivity contribution in [2.24, 2.45) is 5.41 Å². The third kappa shape index (κ3) is 16.3. The molecule has 0 heterocycles. The molecule has 0 aliphatic heterocycles. The summed E-state index contributed by atoms with van der Waals surface area (Å²) >= 11 is 0. The van der Waals surface area contributed by atoms with Gasteiger partial charge in [0.15, 0.2) is 0 Å². The summed E-state index contributed by atoms with van der Waals surface area (Å²) in [5, 5.41) is 0. The number of likely N-dealkylation sites (N-methyl/N-ethyl adjacent to an activating group) is 1. The summed E-state index contributed by atoms with van der Waals surface area (Å²) in [6.07, 6.45) is 5.56. The van der Waals surface area contributed by atoms with Gasteiger partial charge in [-0.2, -0.15) is 0 Å². The third-order valence-corrected chi connectivity index (χ3v) is 16.9. The fourth-order valence-electron chi connectivity index (χ4n) is 5.66. The predicted octanol–water partition coefficient (Wildman–Crippen LogP) is 3.56. The normalized spacial score (nSPS) is 13.4. The van der Waals surface area contributed by atoms with Gasteiger partial charge in [-0.1, -0.05) is 0 Å². The lowest BCUT2D eigenvalue weighted by Gasteiger charge is -2.39. The summed E-state index contributed by atoms with van der Waals surface area (Å²) in [7, 11) is 10.7. The minimum Gasteiger partial charge on any atom is -0.382 e. The Labute approximate surface area is 271 Å². The summed E-state index contributed by atoms with van der Waals surface area (Å²) in [4.78, 5) is 2.36. The fourth-order valence-corrected chi connectivity index (χ4v) is 10.8. The molecule has 13 nitrogen and oxygen atoms in total. The van der Waals surface area contributed by atoms with E-state index in [1.807, 2.05) is 0 Å². The van der Waals surface area contributed by atoms with E-state index < -0.39 is 26.4 Å². The van der Waals surface area contributed by atoms with Crippen molar-refractivity contribution in [1.82, 2.24) is 4.90 Å². The van der Waals surface area contributed by atoms with Crippen molar-refractivity contribution in [1.29, 1.82) is 0 Å². The zero-order chi connectivity index (χ0) is 33.4. The van der Waals surface area contributed by atoms with E-state index in [0.717, 1.165) is 69.7 Å². The number of methoxy groups -OCH3 is 1. The van der Waals surface area contributed by atoms with Crippen LogP contribution < -0.4 is 0 Å². The Balaban J connectivity index is 5.86. The average molecular weight is 692 g/mol. The molecule has 16 heteroatoms. The van der Waals surface area contributed by atoms with Crippen LogP contribution in [-0.4, -0.2) is 156 Å². The van der Waals surface area contributed by atoms with E-state index in [-0.39, 0.29) is 5.41 Å². The van der Waals surface area contributed by atoms with Gasteiger partial charge in [0.1, 0.15) is 0 Å². The lowest BCUT2D eigenvalue weighted by atomic mass is 9.75. The molecule has 0 aliphatic rings. The van der Waals surface area contributed by atoms with Crippen molar-refractivity contribution in [2.45, 2.75) is 56.7 Å². The number of nitrogens with zero attached hydrogens (tertiary/aromatic N) is 1. The maximum absolute atomic E-state index is 5.87. The van der Waals surface area contributed by atoms with E-state index in [9.17, 15) is 0 Å². The van der Waals surface area contributed by atoms with Crippen LogP contribution in [0.4, 0.5) is 0 Å². The van der Waals surface area contributed by atoms with E-state index >= 15 is 0 Å². The molecule has 0 atom stereocenters. The van der Waals surface area contributed by atoms with Gasteiger partial charge in [0, 0.05) is 102 Å². The zero-order valence-electron chi connectivity index (χ0n) is 29.7. The van der Waals surface area contributed by atoms with Crippen molar-refractivity contribution in [3.8, 4) is 0 Å². The highest BCUT2D eigenvalue weighted by molar-refractivity contribution is 6.61. The van der Waals surface area contributed by atoms with Gasteiger partial charge in [0.05, 0.1) is 33.0 Å². The van der Waals surface area contributed by atoms with Crippen LogP contribution in [0.15, 0.2) is 0 Å². The molecule has 44 heavy (non-hydrogen) atoms. The van der Waals surface area contributed by atoms with Gasteiger partial charge in [-0.05, 0) is 51.0 Å². The molecular weight excluding hydrogens is 627 g/mol. The first kappa shape index (κ1) is 44.1. The fraction of sp³-hybridized carbons (Fsp3) is 1.00. The Hall–Kier alpha value is 0.131. The molecule has 0 aliphatic carbocycles. The Morgan fingerprint density at radius 3 is 1.09 bits per heavy atom. The topological polar surface area (TPSA) is 114 Å². The van der Waals surface area contributed by atoms with Crippen LogP contribution in [-0.2, 0) is 54.0 Å². The van der Waals surface area contributed by atoms with Crippen LogP contribution >= 0.6 is 0 Å². The Morgan fingerprint density at radius 2 is 0.773 bits per heavy atom. The van der Waals surface area contributed by atoms with Gasteiger partial charge in [-0.3, -0.25) is 0 Å². The number of rotatable bonds is 32. The van der Waals surface area contributed by atoms with E-state index in [2.05, 4.69) is 11.9 Å². The first-order valence-electron chi connectivity index (χ1n) is 15.4. The molecule has 0 saturated carbocycles. The summed E-state index contributed by atoms with van der Waals surface area (Å²) in [6.45, 7) is 4.55. The molecule has 0 saturated heterocycles. The summed E-state index contributed by atoms with van der Waals surface area (Å²) in [6, 6.07) is 2.19. The maximum atomic E-state index is 5.87. The van der Waals surface area contributed by atoms with Crippen molar-refractivity contribution in [3.63, 3.8) is 0 Å². The Morgan fingerprint density at radius 1 is 0.455 bits per heavy atom. The molecule has 0 unspecified atom stereocenters. The van der Waals surface area contributed by atoms with Crippen LogP contribution in [0.1, 0.15) is 38.5 Å². The highest BCUT2D eigenvalue weighted by Gasteiger charge is 2.43. The summed E-state index contributed by atoms with van der Waals surface area (Å²) in [5.41, 5.74) is -0.0435. The van der Waals surface area contributed by atoms with Crippen LogP contribution in [0.25, 0.3) is 0 Å². The predicted molar refractivity (Wildman–Crippen MR) is 176 cm³/mol. The lowest BCUT2D eigenvalue weighted by molar-refractivity contribution is 0.0172. The molecule has 0 aromatic rings. The summed E-state index contributed by atoms with van der Waals surface area (Å²) in [5.74, 6) is 0. The molecular formula is C28H65NO12Si3. The Bertz CT molecular complexity index is 584. The highest BCUT2D eigenvalue weighted by atomic mass is 28.4. The largest absolute Gasteiger partial charge is 0.500 e. The van der Waals surface area contributed by atoms with Gasteiger partial charge in [0.25, 0.3) is 0 Å². The van der Waals surface area contributed by atoms with Crippen molar-refractivity contribution >= 4 is 26.4 Å². The minimum atomic E-state index is -2.72. The molecule has 266 valence electrons. The molecule has 0 aromatic heterocycles. The van der Waals surface area contributed by atoms with Crippen LogP contribution in [0, 0.1) is 5.41 Å². The van der Waals surface area contributed by atoms with Crippen molar-refractivity contribution in [2.75, 3.05) is 124 Å². The number of hydrogen-bond acceptors (Lipinski definition) is 13. The monoisotopic (exact) mass is 691 g/mol. The smallest absolute Gasteiger partial charge is 0.382 e. The van der Waals surface area contributed by atoms with Gasteiger partial charge in [0.2, 0.25) is 0 Å². The van der Waals surface area contributed by atoms with Crippen LogP contribution in [0.5, 0.6) is 0 Å². The van der Waals surface area contributed by atoms with Gasteiger partial charge >= 0.3 is 26.4 Å². The van der Waals surface area contributed by atoms with Crippen LogP contribution in [0.3, 0.4) is 0 Å². The van der Waals surface area contributed by atoms with Crippen molar-refractivity contribution in [3.05, 3.63) is 0 Å². The molecule has 0 bridgehead atoms. The second kappa shape index (κ2) is 25.2. The minimum absolute atomic E-state index is 0.0435.